The van der Waals surface area contributed by atoms with Crippen LogP contribution < -0.4 is 5.48 Å². The molecule has 2 amide bonds. The fourth-order valence-electron chi connectivity index (χ4n) is 2.34. The molecule has 1 saturated heterocycles. The minimum Gasteiger partial charge on any atom is -0.327 e. The molecule has 1 N–H and O–H groups in total. The number of hydrogen-bond donors (Lipinski definition) is 1. The van der Waals surface area contributed by atoms with Crippen LogP contribution in [-0.4, -0.2) is 35.9 Å². The zero-order valence-electron chi connectivity index (χ0n) is 11.6. The highest BCUT2D eigenvalue weighted by Gasteiger charge is 2.34. The Kier molecular flexibility index (Phi) is 5.45. The number of nitrogens with one attached hydrogen (secondary N) is 1. The first-order valence-corrected chi connectivity index (χ1v) is 7.47. The molecular formula is C14H16Cl2N2O3. The lowest BCUT2D eigenvalue weighted by Gasteiger charge is -2.23. The van der Waals surface area contributed by atoms with E-state index in [1.165, 1.54) is 4.90 Å². The third-order valence-electron chi connectivity index (χ3n) is 3.24. The SMILES string of the molecule is CCONC(=O)[C@@H]1CCCN1C(=O)c1cc(Cl)cc(Cl)c1. The monoisotopic (exact) mass is 330 g/mol. The Morgan fingerprint density at radius 3 is 2.62 bits per heavy atom. The van der Waals surface area contributed by atoms with Gasteiger partial charge in [-0.05, 0) is 38.0 Å². The summed E-state index contributed by atoms with van der Waals surface area (Å²) in [6, 6.07) is 4.13. The Morgan fingerprint density at radius 2 is 2.00 bits per heavy atom. The van der Waals surface area contributed by atoms with E-state index in [4.69, 9.17) is 28.0 Å². The molecular weight excluding hydrogens is 315 g/mol. The van der Waals surface area contributed by atoms with Crippen LogP contribution in [0.2, 0.25) is 10.0 Å². The van der Waals surface area contributed by atoms with Crippen molar-refractivity contribution in [2.45, 2.75) is 25.8 Å². The predicted molar refractivity (Wildman–Crippen MR) is 80.3 cm³/mol. The van der Waals surface area contributed by atoms with Gasteiger partial charge in [0, 0.05) is 22.2 Å². The Balaban J connectivity index is 2.15. The van der Waals surface area contributed by atoms with Crippen LogP contribution in [0.3, 0.4) is 0 Å². The standard InChI is InChI=1S/C14H16Cl2N2O3/c1-2-21-17-13(19)12-4-3-5-18(12)14(20)9-6-10(15)8-11(16)7-9/h6-8,12H,2-5H2,1H3,(H,17,19)/t12-/m0/s1. The van der Waals surface area contributed by atoms with E-state index in [9.17, 15) is 9.59 Å². The number of likely N-dealkylation sites (tertiary alicyclic amines) is 1. The number of halogens is 2. The fraction of sp³-hybridized carbons (Fsp3) is 0.429. The maximum Gasteiger partial charge on any atom is 0.266 e. The molecule has 0 spiro atoms. The summed E-state index contributed by atoms with van der Waals surface area (Å²) in [6.07, 6.45) is 1.38. The third-order valence-corrected chi connectivity index (χ3v) is 3.68. The fourth-order valence-corrected chi connectivity index (χ4v) is 2.86. The van der Waals surface area contributed by atoms with Crippen molar-refractivity contribution in [2.75, 3.05) is 13.2 Å². The summed E-state index contributed by atoms with van der Waals surface area (Å²) < 4.78 is 0. The van der Waals surface area contributed by atoms with E-state index in [1.54, 1.807) is 25.1 Å². The minimum absolute atomic E-state index is 0.256. The summed E-state index contributed by atoms with van der Waals surface area (Å²) in [7, 11) is 0. The number of amides is 2. The molecule has 21 heavy (non-hydrogen) atoms. The van der Waals surface area contributed by atoms with Crippen molar-refractivity contribution in [2.24, 2.45) is 0 Å². The number of hydroxylamine groups is 1. The van der Waals surface area contributed by atoms with Crippen LogP contribution in [0, 0.1) is 0 Å². The average molecular weight is 331 g/mol. The van der Waals surface area contributed by atoms with Crippen molar-refractivity contribution < 1.29 is 14.4 Å². The van der Waals surface area contributed by atoms with Gasteiger partial charge in [-0.15, -0.1) is 0 Å². The lowest BCUT2D eigenvalue weighted by atomic mass is 10.1. The van der Waals surface area contributed by atoms with Gasteiger partial charge in [-0.25, -0.2) is 5.48 Å². The number of carbonyl (C=O) groups excluding carboxylic acids is 2. The minimum atomic E-state index is -0.526. The lowest BCUT2D eigenvalue weighted by molar-refractivity contribution is -0.137. The highest BCUT2D eigenvalue weighted by molar-refractivity contribution is 6.35. The Morgan fingerprint density at radius 1 is 1.33 bits per heavy atom. The zero-order chi connectivity index (χ0) is 15.4. The number of carbonyl (C=O) groups is 2. The van der Waals surface area contributed by atoms with Gasteiger partial charge in [-0.2, -0.15) is 0 Å². The molecule has 1 aromatic carbocycles. The van der Waals surface area contributed by atoms with E-state index in [2.05, 4.69) is 5.48 Å². The van der Waals surface area contributed by atoms with E-state index in [1.807, 2.05) is 0 Å². The van der Waals surface area contributed by atoms with Crippen molar-refractivity contribution in [1.82, 2.24) is 10.4 Å². The van der Waals surface area contributed by atoms with E-state index < -0.39 is 6.04 Å². The summed E-state index contributed by atoms with van der Waals surface area (Å²) in [4.78, 5) is 31.0. The summed E-state index contributed by atoms with van der Waals surface area (Å²) in [6.45, 7) is 2.66. The summed E-state index contributed by atoms with van der Waals surface area (Å²) in [5, 5.41) is 0.778. The zero-order valence-corrected chi connectivity index (χ0v) is 13.1. The molecule has 1 heterocycles. The number of rotatable bonds is 4. The average Bonchev–Trinajstić information content (AvgIpc) is 2.92. The van der Waals surface area contributed by atoms with Gasteiger partial charge in [0.25, 0.3) is 11.8 Å². The molecule has 0 aromatic heterocycles. The maximum absolute atomic E-state index is 12.5. The molecule has 0 saturated carbocycles. The molecule has 7 heteroatoms. The van der Waals surface area contributed by atoms with Gasteiger partial charge in [0.2, 0.25) is 0 Å². The molecule has 0 bridgehead atoms. The topological polar surface area (TPSA) is 58.6 Å². The lowest BCUT2D eigenvalue weighted by Crippen LogP contribution is -2.45. The largest absolute Gasteiger partial charge is 0.327 e. The summed E-state index contributed by atoms with van der Waals surface area (Å²) in [5.41, 5.74) is 2.73. The van der Waals surface area contributed by atoms with Crippen molar-refractivity contribution in [3.63, 3.8) is 0 Å². The molecule has 2 rings (SSSR count). The van der Waals surface area contributed by atoms with E-state index in [0.717, 1.165) is 6.42 Å². The first kappa shape index (κ1) is 16.1. The van der Waals surface area contributed by atoms with E-state index in [-0.39, 0.29) is 11.8 Å². The van der Waals surface area contributed by atoms with Crippen molar-refractivity contribution in [3.05, 3.63) is 33.8 Å². The van der Waals surface area contributed by atoms with Gasteiger partial charge in [0.15, 0.2) is 0 Å². The quantitative estimate of drug-likeness (QED) is 0.863. The molecule has 0 unspecified atom stereocenters. The van der Waals surface area contributed by atoms with Crippen LogP contribution in [0.1, 0.15) is 30.1 Å². The van der Waals surface area contributed by atoms with E-state index >= 15 is 0 Å². The molecule has 0 aliphatic carbocycles. The molecule has 5 nitrogen and oxygen atoms in total. The van der Waals surface area contributed by atoms with Crippen molar-refractivity contribution >= 4 is 35.0 Å². The maximum atomic E-state index is 12.5. The second-order valence-corrected chi connectivity index (χ2v) is 5.59. The van der Waals surface area contributed by atoms with Crippen LogP contribution in [0.5, 0.6) is 0 Å². The van der Waals surface area contributed by atoms with Gasteiger partial charge in [0.1, 0.15) is 6.04 Å². The normalized spacial score (nSPS) is 17.9. The second kappa shape index (κ2) is 7.11. The summed E-state index contributed by atoms with van der Waals surface area (Å²) in [5.74, 6) is -0.565. The first-order valence-electron chi connectivity index (χ1n) is 6.71. The smallest absolute Gasteiger partial charge is 0.266 e. The predicted octanol–water partition coefficient (Wildman–Crippen LogP) is 2.67. The van der Waals surface area contributed by atoms with Crippen LogP contribution >= 0.6 is 23.2 Å². The highest BCUT2D eigenvalue weighted by atomic mass is 35.5. The Labute approximate surface area is 133 Å². The molecule has 114 valence electrons. The number of benzene rings is 1. The molecule has 1 fully saturated rings. The molecule has 1 aliphatic rings. The number of nitrogens with zero attached hydrogens (tertiary/aromatic N) is 1. The third kappa shape index (κ3) is 3.87. The molecule has 0 radical (unpaired) electrons. The Bertz CT molecular complexity index is 531. The molecule has 1 aliphatic heterocycles. The van der Waals surface area contributed by atoms with Gasteiger partial charge in [0.05, 0.1) is 6.61 Å². The number of hydrogen-bond acceptors (Lipinski definition) is 3. The van der Waals surface area contributed by atoms with Gasteiger partial charge >= 0.3 is 0 Å². The van der Waals surface area contributed by atoms with E-state index in [0.29, 0.717) is 35.2 Å². The van der Waals surface area contributed by atoms with Crippen LogP contribution in [0.4, 0.5) is 0 Å². The van der Waals surface area contributed by atoms with Gasteiger partial charge in [-0.1, -0.05) is 23.2 Å². The second-order valence-electron chi connectivity index (χ2n) is 4.71. The molecule has 1 atom stereocenters. The van der Waals surface area contributed by atoms with Crippen LogP contribution in [0.15, 0.2) is 18.2 Å². The molecule has 1 aromatic rings. The summed E-state index contributed by atoms with van der Waals surface area (Å²) >= 11 is 11.8. The van der Waals surface area contributed by atoms with Crippen molar-refractivity contribution in [1.29, 1.82) is 0 Å². The van der Waals surface area contributed by atoms with Crippen LogP contribution in [-0.2, 0) is 9.63 Å². The van der Waals surface area contributed by atoms with Gasteiger partial charge in [-0.3, -0.25) is 14.4 Å². The highest BCUT2D eigenvalue weighted by Crippen LogP contribution is 2.24. The Hall–Kier alpha value is -1.30. The van der Waals surface area contributed by atoms with Crippen molar-refractivity contribution in [3.8, 4) is 0 Å². The van der Waals surface area contributed by atoms with Gasteiger partial charge < -0.3 is 4.90 Å². The van der Waals surface area contributed by atoms with Crippen LogP contribution in [0.25, 0.3) is 0 Å². The first-order chi connectivity index (χ1) is 10.0.